The number of nitrogens with zero attached hydrogens (tertiary/aromatic N) is 3. The highest BCUT2D eigenvalue weighted by molar-refractivity contribution is 7.11. The molecule has 0 radical (unpaired) electrons. The number of hydrogen-bond donors (Lipinski definition) is 0. The van der Waals surface area contributed by atoms with E-state index in [-0.39, 0.29) is 11.3 Å². The van der Waals surface area contributed by atoms with E-state index in [0.29, 0.717) is 20.6 Å². The largest absolute Gasteiger partial charge is 0.378 e. The SMILES string of the molecule is CC(=O)C1=C(C)N=c2s/c(=C/c3cccs3)c(=O)n2C1c1ccc(N(C)C)cc1. The summed E-state index contributed by atoms with van der Waals surface area (Å²) in [4.78, 5) is 34.1. The molecule has 1 atom stereocenters. The molecule has 5 nitrogen and oxygen atoms in total. The van der Waals surface area contributed by atoms with Crippen LogP contribution < -0.4 is 19.8 Å². The Hall–Kier alpha value is -2.77. The van der Waals surface area contributed by atoms with Crippen LogP contribution in [0.4, 0.5) is 5.69 Å². The number of rotatable bonds is 4. The number of allylic oxidation sites excluding steroid dienone is 2. The number of aromatic nitrogens is 1. The molecule has 1 aliphatic heterocycles. The second-order valence-corrected chi connectivity index (χ2v) is 9.13. The lowest BCUT2D eigenvalue weighted by atomic mass is 9.93. The highest BCUT2D eigenvalue weighted by Gasteiger charge is 2.30. The Kier molecular flexibility index (Phi) is 5.10. The molecule has 0 fully saturated rings. The van der Waals surface area contributed by atoms with Crippen LogP contribution in [0.2, 0.25) is 0 Å². The molecular formula is C22H21N3O2S2. The van der Waals surface area contributed by atoms with E-state index in [4.69, 9.17) is 0 Å². The van der Waals surface area contributed by atoms with E-state index in [9.17, 15) is 9.59 Å². The van der Waals surface area contributed by atoms with Crippen molar-refractivity contribution in [2.45, 2.75) is 19.9 Å². The fourth-order valence-electron chi connectivity index (χ4n) is 3.54. The molecule has 148 valence electrons. The number of carbonyl (C=O) groups is 1. The Morgan fingerprint density at radius 2 is 1.93 bits per heavy atom. The van der Waals surface area contributed by atoms with Gasteiger partial charge in [0.15, 0.2) is 10.6 Å². The maximum atomic E-state index is 13.3. The average molecular weight is 424 g/mol. The predicted octanol–water partition coefficient (Wildman–Crippen LogP) is 2.95. The summed E-state index contributed by atoms with van der Waals surface area (Å²) in [6.07, 6.45) is 1.90. The fraction of sp³-hybridized carbons (Fsp3) is 0.227. The van der Waals surface area contributed by atoms with E-state index in [1.807, 2.05) is 73.8 Å². The van der Waals surface area contributed by atoms with E-state index < -0.39 is 6.04 Å². The number of carbonyl (C=O) groups excluding carboxylic acids is 1. The van der Waals surface area contributed by atoms with Crippen LogP contribution in [0.25, 0.3) is 6.08 Å². The first-order chi connectivity index (χ1) is 13.9. The molecule has 29 heavy (non-hydrogen) atoms. The van der Waals surface area contributed by atoms with Crippen LogP contribution in [0.5, 0.6) is 0 Å². The van der Waals surface area contributed by atoms with Crippen molar-refractivity contribution in [3.8, 4) is 0 Å². The van der Waals surface area contributed by atoms with E-state index >= 15 is 0 Å². The number of anilines is 1. The van der Waals surface area contributed by atoms with E-state index in [0.717, 1.165) is 16.1 Å². The van der Waals surface area contributed by atoms with Crippen molar-refractivity contribution in [2.24, 2.45) is 4.99 Å². The van der Waals surface area contributed by atoms with Crippen molar-refractivity contribution < 1.29 is 4.79 Å². The topological polar surface area (TPSA) is 54.7 Å². The van der Waals surface area contributed by atoms with Crippen LogP contribution >= 0.6 is 22.7 Å². The lowest BCUT2D eigenvalue weighted by Gasteiger charge is -2.25. The molecule has 0 N–H and O–H groups in total. The molecule has 3 heterocycles. The van der Waals surface area contributed by atoms with E-state index in [1.54, 1.807) is 15.9 Å². The van der Waals surface area contributed by atoms with Crippen LogP contribution in [0.3, 0.4) is 0 Å². The molecule has 1 aromatic carbocycles. The van der Waals surface area contributed by atoms with Crippen LogP contribution in [0, 0.1) is 0 Å². The van der Waals surface area contributed by atoms with Gasteiger partial charge in [0.1, 0.15) is 0 Å². The van der Waals surface area contributed by atoms with Gasteiger partial charge in [-0.1, -0.05) is 29.5 Å². The Morgan fingerprint density at radius 3 is 2.52 bits per heavy atom. The lowest BCUT2D eigenvalue weighted by molar-refractivity contribution is -0.114. The van der Waals surface area contributed by atoms with Crippen LogP contribution in [-0.4, -0.2) is 24.4 Å². The van der Waals surface area contributed by atoms with Crippen LogP contribution in [-0.2, 0) is 4.79 Å². The standard InChI is InChI=1S/C22H21N3O2S2/c1-13-19(14(2)26)20(15-7-9-16(10-8-15)24(3)4)25-21(27)18(29-22(25)23-13)12-17-6-5-11-28-17/h5-12,20H,1-4H3/b18-12+. The van der Waals surface area contributed by atoms with Gasteiger partial charge < -0.3 is 4.90 Å². The number of Topliss-reactive ketones (excluding diaryl/α,β-unsaturated/α-hetero) is 1. The first-order valence-electron chi connectivity index (χ1n) is 9.21. The molecule has 0 amide bonds. The fourth-order valence-corrected chi connectivity index (χ4v) is 5.31. The summed E-state index contributed by atoms with van der Waals surface area (Å²) in [6.45, 7) is 3.38. The van der Waals surface area contributed by atoms with Gasteiger partial charge in [-0.2, -0.15) is 0 Å². The first kappa shape index (κ1) is 19.5. The van der Waals surface area contributed by atoms with Gasteiger partial charge in [0.05, 0.1) is 10.6 Å². The summed E-state index contributed by atoms with van der Waals surface area (Å²) in [6, 6.07) is 11.4. The third-order valence-electron chi connectivity index (χ3n) is 4.94. The van der Waals surface area contributed by atoms with Gasteiger partial charge in [0, 0.05) is 35.9 Å². The summed E-state index contributed by atoms with van der Waals surface area (Å²) >= 11 is 2.95. The molecule has 3 aromatic rings. The molecule has 0 bridgehead atoms. The third-order valence-corrected chi connectivity index (χ3v) is 6.74. The van der Waals surface area contributed by atoms with Crippen molar-refractivity contribution in [3.05, 3.63) is 83.2 Å². The van der Waals surface area contributed by atoms with Gasteiger partial charge in [0.2, 0.25) is 0 Å². The molecule has 2 aromatic heterocycles. The summed E-state index contributed by atoms with van der Waals surface area (Å²) < 4.78 is 2.29. The van der Waals surface area contributed by atoms with E-state index in [1.165, 1.54) is 18.3 Å². The predicted molar refractivity (Wildman–Crippen MR) is 120 cm³/mol. The zero-order chi connectivity index (χ0) is 20.7. The first-order valence-corrected chi connectivity index (χ1v) is 10.9. The zero-order valence-electron chi connectivity index (χ0n) is 16.7. The van der Waals surface area contributed by atoms with Gasteiger partial charge >= 0.3 is 0 Å². The molecule has 7 heteroatoms. The number of thiophene rings is 1. The zero-order valence-corrected chi connectivity index (χ0v) is 18.3. The molecule has 0 saturated carbocycles. The quantitative estimate of drug-likeness (QED) is 0.648. The minimum atomic E-state index is -0.467. The highest BCUT2D eigenvalue weighted by Crippen LogP contribution is 2.31. The number of ketones is 1. The van der Waals surface area contributed by atoms with Gasteiger partial charge in [-0.05, 0) is 49.1 Å². The smallest absolute Gasteiger partial charge is 0.271 e. The van der Waals surface area contributed by atoms with Gasteiger partial charge in [-0.15, -0.1) is 11.3 Å². The maximum Gasteiger partial charge on any atom is 0.271 e. The number of hydrogen-bond acceptors (Lipinski definition) is 6. The summed E-state index contributed by atoms with van der Waals surface area (Å²) in [7, 11) is 3.96. The second-order valence-electron chi connectivity index (χ2n) is 7.14. The Morgan fingerprint density at radius 1 is 1.21 bits per heavy atom. The number of thiazole rings is 1. The highest BCUT2D eigenvalue weighted by atomic mass is 32.1. The third kappa shape index (κ3) is 3.52. The van der Waals surface area contributed by atoms with Crippen molar-refractivity contribution in [3.63, 3.8) is 0 Å². The Labute approximate surface area is 176 Å². The number of benzene rings is 1. The van der Waals surface area contributed by atoms with E-state index in [2.05, 4.69) is 4.99 Å². The minimum absolute atomic E-state index is 0.0690. The Balaban J connectivity index is 1.95. The minimum Gasteiger partial charge on any atom is -0.378 e. The number of fused-ring (bicyclic) bond motifs is 1. The molecular weight excluding hydrogens is 402 g/mol. The molecule has 0 aliphatic carbocycles. The van der Waals surface area contributed by atoms with Gasteiger partial charge in [-0.25, -0.2) is 4.99 Å². The lowest BCUT2D eigenvalue weighted by Crippen LogP contribution is -2.39. The molecule has 4 rings (SSSR count). The monoisotopic (exact) mass is 423 g/mol. The van der Waals surface area contributed by atoms with Crippen molar-refractivity contribution in [1.82, 2.24) is 4.57 Å². The molecule has 1 aliphatic rings. The Bertz CT molecular complexity index is 1280. The summed E-state index contributed by atoms with van der Waals surface area (Å²) in [5.41, 5.74) is 3.08. The summed E-state index contributed by atoms with van der Waals surface area (Å²) in [5.74, 6) is -0.0690. The normalized spacial score (nSPS) is 16.6. The maximum absolute atomic E-state index is 13.3. The summed E-state index contributed by atoms with van der Waals surface area (Å²) in [5, 5.41) is 1.98. The van der Waals surface area contributed by atoms with Crippen LogP contribution in [0.15, 0.2) is 62.8 Å². The average Bonchev–Trinajstić information content (AvgIpc) is 3.29. The van der Waals surface area contributed by atoms with Crippen LogP contribution in [0.1, 0.15) is 30.3 Å². The van der Waals surface area contributed by atoms with Gasteiger partial charge in [0.25, 0.3) is 5.56 Å². The molecule has 0 saturated heterocycles. The molecule has 1 unspecified atom stereocenters. The van der Waals surface area contributed by atoms with Gasteiger partial charge in [-0.3, -0.25) is 14.2 Å². The van der Waals surface area contributed by atoms with Crippen molar-refractivity contribution in [1.29, 1.82) is 0 Å². The van der Waals surface area contributed by atoms with Crippen molar-refractivity contribution >= 4 is 40.2 Å². The van der Waals surface area contributed by atoms with Crippen molar-refractivity contribution in [2.75, 3.05) is 19.0 Å². The second kappa shape index (κ2) is 7.57. The molecule has 0 spiro atoms.